The third kappa shape index (κ3) is 4.95. The predicted octanol–water partition coefficient (Wildman–Crippen LogP) is 2.47. The molecule has 2 aliphatic rings. The normalized spacial score (nSPS) is 19.1. The van der Waals surface area contributed by atoms with Crippen molar-refractivity contribution < 1.29 is 9.59 Å². The molecule has 0 aromatic heterocycles. The van der Waals surface area contributed by atoms with Crippen LogP contribution in [-0.4, -0.2) is 60.9 Å². The van der Waals surface area contributed by atoms with Gasteiger partial charge < -0.3 is 4.90 Å². The van der Waals surface area contributed by atoms with Crippen LogP contribution in [0.15, 0.2) is 24.3 Å². The summed E-state index contributed by atoms with van der Waals surface area (Å²) in [4.78, 5) is 30.0. The number of piperazine rings is 1. The molecule has 2 heterocycles. The Morgan fingerprint density at radius 3 is 2.20 bits per heavy atom. The van der Waals surface area contributed by atoms with E-state index < -0.39 is 0 Å². The van der Waals surface area contributed by atoms with Gasteiger partial charge in [0.2, 0.25) is 11.8 Å². The number of hydrogen-bond acceptors (Lipinski definition) is 4. The second-order valence-electron chi connectivity index (χ2n) is 6.76. The van der Waals surface area contributed by atoms with E-state index in [9.17, 15) is 9.59 Å². The van der Waals surface area contributed by atoms with Crippen LogP contribution >= 0.6 is 12.4 Å². The van der Waals surface area contributed by atoms with Crippen molar-refractivity contribution in [2.75, 3.05) is 44.2 Å². The van der Waals surface area contributed by atoms with Crippen LogP contribution in [0.5, 0.6) is 0 Å². The molecule has 2 aliphatic heterocycles. The average molecular weight is 366 g/mol. The monoisotopic (exact) mass is 365 g/mol. The molecule has 3 rings (SSSR count). The molecule has 6 heteroatoms. The highest BCUT2D eigenvalue weighted by atomic mass is 35.5. The number of piperidine rings is 1. The van der Waals surface area contributed by atoms with Crippen LogP contribution in [0.2, 0.25) is 0 Å². The highest BCUT2D eigenvalue weighted by Gasteiger charge is 2.25. The topological polar surface area (TPSA) is 43.9 Å². The van der Waals surface area contributed by atoms with Gasteiger partial charge in [0, 0.05) is 51.3 Å². The van der Waals surface area contributed by atoms with Gasteiger partial charge >= 0.3 is 0 Å². The number of likely N-dealkylation sites (tertiary alicyclic amines) is 1. The summed E-state index contributed by atoms with van der Waals surface area (Å²) >= 11 is 0. The van der Waals surface area contributed by atoms with Gasteiger partial charge in [-0.25, -0.2) is 0 Å². The Labute approximate surface area is 156 Å². The molecular weight excluding hydrogens is 338 g/mol. The zero-order chi connectivity index (χ0) is 16.9. The summed E-state index contributed by atoms with van der Waals surface area (Å²) < 4.78 is 0. The Morgan fingerprint density at radius 2 is 1.56 bits per heavy atom. The Balaban J connectivity index is 0.00000225. The van der Waals surface area contributed by atoms with Gasteiger partial charge in [-0.05, 0) is 37.9 Å². The van der Waals surface area contributed by atoms with Crippen molar-refractivity contribution in [1.29, 1.82) is 0 Å². The van der Waals surface area contributed by atoms with E-state index in [0.717, 1.165) is 45.6 Å². The SMILES string of the molecule is Cc1ccccc1N1CCN(CCCN2C(=O)CCCC2=O)CC1.Cl. The van der Waals surface area contributed by atoms with Crippen LogP contribution in [0.1, 0.15) is 31.2 Å². The quantitative estimate of drug-likeness (QED) is 0.752. The van der Waals surface area contributed by atoms with E-state index in [0.29, 0.717) is 19.4 Å². The van der Waals surface area contributed by atoms with Crippen molar-refractivity contribution >= 4 is 29.9 Å². The van der Waals surface area contributed by atoms with Crippen LogP contribution in [0.3, 0.4) is 0 Å². The largest absolute Gasteiger partial charge is 0.369 e. The summed E-state index contributed by atoms with van der Waals surface area (Å²) in [6.07, 6.45) is 2.65. The maximum absolute atomic E-state index is 11.8. The number of para-hydroxylation sites is 1. The molecule has 0 aliphatic carbocycles. The first-order chi connectivity index (χ1) is 11.6. The van der Waals surface area contributed by atoms with Crippen molar-refractivity contribution in [3.63, 3.8) is 0 Å². The fourth-order valence-corrected chi connectivity index (χ4v) is 3.63. The van der Waals surface area contributed by atoms with Crippen molar-refractivity contribution in [2.24, 2.45) is 0 Å². The maximum atomic E-state index is 11.8. The Bertz CT molecular complexity index is 584. The maximum Gasteiger partial charge on any atom is 0.229 e. The van der Waals surface area contributed by atoms with Gasteiger partial charge in [-0.2, -0.15) is 0 Å². The summed E-state index contributed by atoms with van der Waals surface area (Å²) in [5, 5.41) is 0. The van der Waals surface area contributed by atoms with Crippen molar-refractivity contribution in [2.45, 2.75) is 32.6 Å². The smallest absolute Gasteiger partial charge is 0.229 e. The minimum Gasteiger partial charge on any atom is -0.369 e. The molecule has 5 nitrogen and oxygen atoms in total. The first-order valence-corrected chi connectivity index (χ1v) is 9.01. The van der Waals surface area contributed by atoms with Gasteiger partial charge in [-0.3, -0.25) is 19.4 Å². The number of carbonyl (C=O) groups is 2. The van der Waals surface area contributed by atoms with E-state index in [1.807, 2.05) is 0 Å². The first kappa shape index (κ1) is 19.7. The van der Waals surface area contributed by atoms with E-state index in [4.69, 9.17) is 0 Å². The van der Waals surface area contributed by atoms with E-state index in [1.54, 1.807) is 0 Å². The number of imide groups is 1. The predicted molar refractivity (Wildman–Crippen MR) is 102 cm³/mol. The number of aryl methyl sites for hydroxylation is 1. The van der Waals surface area contributed by atoms with Crippen LogP contribution in [0, 0.1) is 6.92 Å². The van der Waals surface area contributed by atoms with E-state index in [2.05, 4.69) is 41.0 Å². The molecular formula is C19H28ClN3O2. The summed E-state index contributed by atoms with van der Waals surface area (Å²) in [6, 6.07) is 8.53. The molecule has 25 heavy (non-hydrogen) atoms. The van der Waals surface area contributed by atoms with E-state index in [1.165, 1.54) is 16.2 Å². The fourth-order valence-electron chi connectivity index (χ4n) is 3.63. The lowest BCUT2D eigenvalue weighted by Gasteiger charge is -2.37. The molecule has 1 aromatic rings. The van der Waals surface area contributed by atoms with Gasteiger partial charge in [0.1, 0.15) is 0 Å². The number of benzene rings is 1. The average Bonchev–Trinajstić information content (AvgIpc) is 2.59. The van der Waals surface area contributed by atoms with Gasteiger partial charge in [-0.15, -0.1) is 12.4 Å². The fraction of sp³-hybridized carbons (Fsp3) is 0.579. The zero-order valence-corrected chi connectivity index (χ0v) is 15.8. The number of nitrogens with zero attached hydrogens (tertiary/aromatic N) is 3. The van der Waals surface area contributed by atoms with Crippen molar-refractivity contribution in [3.8, 4) is 0 Å². The zero-order valence-electron chi connectivity index (χ0n) is 14.9. The summed E-state index contributed by atoms with van der Waals surface area (Å²) in [6.45, 7) is 7.84. The van der Waals surface area contributed by atoms with Crippen LogP contribution in [0.25, 0.3) is 0 Å². The minimum atomic E-state index is 0. The number of anilines is 1. The molecule has 2 saturated heterocycles. The molecule has 0 saturated carbocycles. The molecule has 0 unspecified atom stereocenters. The van der Waals surface area contributed by atoms with E-state index >= 15 is 0 Å². The number of rotatable bonds is 5. The molecule has 0 N–H and O–H groups in total. The number of carbonyl (C=O) groups excluding carboxylic acids is 2. The second kappa shape index (κ2) is 9.20. The number of hydrogen-bond donors (Lipinski definition) is 0. The van der Waals surface area contributed by atoms with E-state index in [-0.39, 0.29) is 24.2 Å². The molecule has 0 atom stereocenters. The first-order valence-electron chi connectivity index (χ1n) is 9.01. The van der Waals surface area contributed by atoms with Gasteiger partial charge in [0.15, 0.2) is 0 Å². The Morgan fingerprint density at radius 1 is 0.920 bits per heavy atom. The molecule has 0 spiro atoms. The number of halogens is 1. The molecule has 138 valence electrons. The lowest BCUT2D eigenvalue weighted by molar-refractivity contribution is -0.148. The molecule has 1 aromatic carbocycles. The third-order valence-electron chi connectivity index (χ3n) is 5.07. The minimum absolute atomic E-state index is 0. The van der Waals surface area contributed by atoms with Crippen molar-refractivity contribution in [1.82, 2.24) is 9.80 Å². The molecule has 2 amide bonds. The standard InChI is InChI=1S/C19H27N3O2.ClH/c1-16-6-2-3-7-17(16)21-14-12-20(13-15-21)10-5-11-22-18(23)8-4-9-19(22)24;/h2-3,6-7H,4-5,8-15H2,1H3;1H. The highest BCUT2D eigenvalue weighted by molar-refractivity contribution is 5.97. The van der Waals surface area contributed by atoms with Crippen LogP contribution < -0.4 is 4.90 Å². The van der Waals surface area contributed by atoms with Gasteiger partial charge in [-0.1, -0.05) is 18.2 Å². The number of amides is 2. The summed E-state index contributed by atoms with van der Waals surface area (Å²) in [5.41, 5.74) is 2.66. The van der Waals surface area contributed by atoms with Crippen LogP contribution in [0.4, 0.5) is 5.69 Å². The molecule has 0 radical (unpaired) electrons. The lowest BCUT2D eigenvalue weighted by Crippen LogP contribution is -2.47. The summed E-state index contributed by atoms with van der Waals surface area (Å²) in [7, 11) is 0. The molecule has 2 fully saturated rings. The lowest BCUT2D eigenvalue weighted by atomic mass is 10.1. The van der Waals surface area contributed by atoms with Crippen LogP contribution in [-0.2, 0) is 9.59 Å². The van der Waals surface area contributed by atoms with Gasteiger partial charge in [0.05, 0.1) is 0 Å². The van der Waals surface area contributed by atoms with Gasteiger partial charge in [0.25, 0.3) is 0 Å². The third-order valence-corrected chi connectivity index (χ3v) is 5.07. The molecule has 0 bridgehead atoms. The van der Waals surface area contributed by atoms with Crippen molar-refractivity contribution in [3.05, 3.63) is 29.8 Å². The second-order valence-corrected chi connectivity index (χ2v) is 6.76. The Hall–Kier alpha value is -1.59. The Kier molecular flexibility index (Phi) is 7.26. The highest BCUT2D eigenvalue weighted by Crippen LogP contribution is 2.21. The summed E-state index contributed by atoms with van der Waals surface area (Å²) in [5.74, 6) is 0.0197.